The van der Waals surface area contributed by atoms with E-state index in [-0.39, 0.29) is 0 Å². The van der Waals surface area contributed by atoms with Crippen molar-refractivity contribution < 1.29 is 4.74 Å². The van der Waals surface area contributed by atoms with Crippen LogP contribution in [0.1, 0.15) is 5.56 Å². The van der Waals surface area contributed by atoms with E-state index in [1.807, 2.05) is 42.5 Å². The number of thioether (sulfide) groups is 1. The van der Waals surface area contributed by atoms with Crippen LogP contribution in [0.3, 0.4) is 0 Å². The lowest BCUT2D eigenvalue weighted by molar-refractivity contribution is 0.393. The Hall–Kier alpha value is -1.92. The van der Waals surface area contributed by atoms with Crippen LogP contribution in [0.15, 0.2) is 59.5 Å². The van der Waals surface area contributed by atoms with E-state index in [1.54, 1.807) is 23.9 Å². The smallest absolute Gasteiger partial charge is 0.138 e. The Morgan fingerprint density at radius 3 is 2.35 bits per heavy atom. The second-order valence-corrected chi connectivity index (χ2v) is 4.35. The Bertz CT molecular complexity index is 502. The van der Waals surface area contributed by atoms with E-state index in [0.29, 0.717) is 11.5 Å². The van der Waals surface area contributed by atoms with Gasteiger partial charge in [-0.15, -0.1) is 0 Å². The highest BCUT2D eigenvalue weighted by Gasteiger charge is 1.96. The van der Waals surface area contributed by atoms with Gasteiger partial charge in [0, 0.05) is 4.90 Å². The van der Waals surface area contributed by atoms with Crippen LogP contribution < -0.4 is 4.74 Å². The Balaban J connectivity index is 1.84. The minimum Gasteiger partial charge on any atom is -0.483 e. The Morgan fingerprint density at radius 1 is 1.00 bits per heavy atom. The molecule has 2 rings (SSSR count). The lowest BCUT2D eigenvalue weighted by atomic mass is 10.2. The molecule has 0 N–H and O–H groups in total. The van der Waals surface area contributed by atoms with Crippen molar-refractivity contribution in [1.82, 2.24) is 0 Å². The average molecular weight is 241 g/mol. The van der Waals surface area contributed by atoms with Crippen LogP contribution in [-0.4, -0.2) is 5.94 Å². The molecule has 0 aliphatic heterocycles. The van der Waals surface area contributed by atoms with E-state index in [9.17, 15) is 0 Å². The second kappa shape index (κ2) is 5.97. The molecule has 2 aromatic rings. The molecule has 0 aromatic heterocycles. The standard InChI is InChI=1S/C14H11NOS/c15-10-12-6-8-13(9-7-12)16-11-17-14-4-2-1-3-5-14/h1-9H,11H2. The fourth-order valence-electron chi connectivity index (χ4n) is 1.31. The summed E-state index contributed by atoms with van der Waals surface area (Å²) >= 11 is 1.64. The normalized spacial score (nSPS) is 9.59. The maximum absolute atomic E-state index is 8.66. The van der Waals surface area contributed by atoms with Gasteiger partial charge in [-0.25, -0.2) is 0 Å². The molecule has 17 heavy (non-hydrogen) atoms. The third kappa shape index (κ3) is 3.54. The van der Waals surface area contributed by atoms with Crippen molar-refractivity contribution >= 4 is 11.8 Å². The van der Waals surface area contributed by atoms with Gasteiger partial charge >= 0.3 is 0 Å². The van der Waals surface area contributed by atoms with Gasteiger partial charge in [0.1, 0.15) is 11.7 Å². The van der Waals surface area contributed by atoms with Gasteiger partial charge in [0.05, 0.1) is 11.6 Å². The highest BCUT2D eigenvalue weighted by molar-refractivity contribution is 7.99. The molecule has 0 saturated carbocycles. The zero-order valence-electron chi connectivity index (χ0n) is 9.17. The van der Waals surface area contributed by atoms with Crippen molar-refractivity contribution in [3.8, 4) is 11.8 Å². The quantitative estimate of drug-likeness (QED) is 0.604. The van der Waals surface area contributed by atoms with Crippen LogP contribution >= 0.6 is 11.8 Å². The fourth-order valence-corrected chi connectivity index (χ4v) is 1.99. The first-order valence-corrected chi connectivity index (χ1v) is 6.18. The van der Waals surface area contributed by atoms with Crippen LogP contribution in [-0.2, 0) is 0 Å². The summed E-state index contributed by atoms with van der Waals surface area (Å²) < 4.78 is 5.56. The summed E-state index contributed by atoms with van der Waals surface area (Å²) in [4.78, 5) is 1.18. The predicted octanol–water partition coefficient (Wildman–Crippen LogP) is 3.69. The topological polar surface area (TPSA) is 33.0 Å². The van der Waals surface area contributed by atoms with Crippen LogP contribution in [0, 0.1) is 11.3 Å². The SMILES string of the molecule is N#Cc1ccc(OCSc2ccccc2)cc1. The average Bonchev–Trinajstić information content (AvgIpc) is 2.41. The molecule has 0 unspecified atom stereocenters. The van der Waals surface area contributed by atoms with Gasteiger partial charge in [0.25, 0.3) is 0 Å². The number of hydrogen-bond donors (Lipinski definition) is 0. The summed E-state index contributed by atoms with van der Waals surface area (Å²) in [7, 11) is 0. The first-order valence-electron chi connectivity index (χ1n) is 5.19. The summed E-state index contributed by atoms with van der Waals surface area (Å²) in [6.45, 7) is 0. The van der Waals surface area contributed by atoms with Gasteiger partial charge < -0.3 is 4.74 Å². The number of benzene rings is 2. The summed E-state index contributed by atoms with van der Waals surface area (Å²) in [6, 6.07) is 19.3. The molecule has 0 amide bonds. The zero-order chi connectivity index (χ0) is 11.9. The van der Waals surface area contributed by atoms with Crippen LogP contribution in [0.25, 0.3) is 0 Å². The second-order valence-electron chi connectivity index (χ2n) is 3.36. The van der Waals surface area contributed by atoms with Crippen molar-refractivity contribution in [2.75, 3.05) is 5.94 Å². The van der Waals surface area contributed by atoms with Gasteiger partial charge in [-0.3, -0.25) is 0 Å². The van der Waals surface area contributed by atoms with E-state index < -0.39 is 0 Å². The maximum atomic E-state index is 8.66. The molecule has 84 valence electrons. The number of ether oxygens (including phenoxy) is 1. The molecule has 3 heteroatoms. The molecular formula is C14H11NOS. The van der Waals surface area contributed by atoms with Crippen LogP contribution in [0.4, 0.5) is 0 Å². The van der Waals surface area contributed by atoms with Crippen LogP contribution in [0.5, 0.6) is 5.75 Å². The first-order chi connectivity index (χ1) is 8.38. The summed E-state index contributed by atoms with van der Waals surface area (Å²) in [5.41, 5.74) is 0.646. The molecular weight excluding hydrogens is 230 g/mol. The summed E-state index contributed by atoms with van der Waals surface area (Å²) in [5, 5.41) is 8.66. The largest absolute Gasteiger partial charge is 0.483 e. The Morgan fingerprint density at radius 2 is 1.71 bits per heavy atom. The molecule has 0 aliphatic rings. The van der Waals surface area contributed by atoms with Crippen molar-refractivity contribution in [3.63, 3.8) is 0 Å². The lowest BCUT2D eigenvalue weighted by Crippen LogP contribution is -1.92. The maximum Gasteiger partial charge on any atom is 0.138 e. The molecule has 0 bridgehead atoms. The minimum absolute atomic E-state index is 0.565. The van der Waals surface area contributed by atoms with Gasteiger partial charge in [-0.1, -0.05) is 30.0 Å². The number of nitrogens with zero attached hydrogens (tertiary/aromatic N) is 1. The summed E-state index contributed by atoms with van der Waals surface area (Å²) in [6.07, 6.45) is 0. The molecule has 0 atom stereocenters. The number of rotatable bonds is 4. The minimum atomic E-state index is 0.565. The number of hydrogen-bond acceptors (Lipinski definition) is 3. The third-order valence-electron chi connectivity index (χ3n) is 2.18. The first kappa shape index (κ1) is 11.6. The van der Waals surface area contributed by atoms with Crippen molar-refractivity contribution in [1.29, 1.82) is 5.26 Å². The molecule has 2 nitrogen and oxygen atoms in total. The highest BCUT2D eigenvalue weighted by atomic mass is 32.2. The van der Waals surface area contributed by atoms with E-state index in [0.717, 1.165) is 5.75 Å². The molecule has 0 heterocycles. The van der Waals surface area contributed by atoms with Crippen molar-refractivity contribution in [2.24, 2.45) is 0 Å². The molecule has 0 spiro atoms. The van der Waals surface area contributed by atoms with E-state index in [4.69, 9.17) is 10.00 Å². The van der Waals surface area contributed by atoms with Gasteiger partial charge in [0.2, 0.25) is 0 Å². The van der Waals surface area contributed by atoms with E-state index in [2.05, 4.69) is 6.07 Å². The van der Waals surface area contributed by atoms with Crippen LogP contribution in [0.2, 0.25) is 0 Å². The van der Waals surface area contributed by atoms with Crippen molar-refractivity contribution in [2.45, 2.75) is 4.90 Å². The predicted molar refractivity (Wildman–Crippen MR) is 69.0 cm³/mol. The highest BCUT2D eigenvalue weighted by Crippen LogP contribution is 2.19. The fraction of sp³-hybridized carbons (Fsp3) is 0.0714. The molecule has 2 aromatic carbocycles. The van der Waals surface area contributed by atoms with Crippen molar-refractivity contribution in [3.05, 3.63) is 60.2 Å². The Kier molecular flexibility index (Phi) is 4.06. The number of nitriles is 1. The molecule has 0 fully saturated rings. The van der Waals surface area contributed by atoms with Gasteiger partial charge in [0.15, 0.2) is 0 Å². The third-order valence-corrected chi connectivity index (χ3v) is 3.02. The summed E-state index contributed by atoms with van der Waals surface area (Å²) in [5.74, 6) is 1.35. The van der Waals surface area contributed by atoms with Gasteiger partial charge in [-0.05, 0) is 36.4 Å². The molecule has 0 radical (unpaired) electrons. The zero-order valence-corrected chi connectivity index (χ0v) is 9.98. The molecule has 0 aliphatic carbocycles. The van der Waals surface area contributed by atoms with E-state index >= 15 is 0 Å². The van der Waals surface area contributed by atoms with E-state index in [1.165, 1.54) is 4.90 Å². The monoisotopic (exact) mass is 241 g/mol. The Labute approximate surface area is 105 Å². The molecule has 0 saturated heterocycles. The van der Waals surface area contributed by atoms with Gasteiger partial charge in [-0.2, -0.15) is 5.26 Å². The lowest BCUT2D eigenvalue weighted by Gasteiger charge is -2.05.